The van der Waals surface area contributed by atoms with Crippen LogP contribution in [0.25, 0.3) is 0 Å². The summed E-state index contributed by atoms with van der Waals surface area (Å²) in [5.41, 5.74) is 0.408. The monoisotopic (exact) mass is 316 g/mol. The number of fused-ring (bicyclic) bond motifs is 2. The Morgan fingerprint density at radius 2 is 2.22 bits per heavy atom. The van der Waals surface area contributed by atoms with Crippen LogP contribution in [0.5, 0.6) is 0 Å². The fourth-order valence-corrected chi connectivity index (χ4v) is 4.35. The number of hydrogen-bond donors (Lipinski definition) is 0. The van der Waals surface area contributed by atoms with Crippen LogP contribution in [0.1, 0.15) is 45.1 Å². The zero-order chi connectivity index (χ0) is 16.4. The summed E-state index contributed by atoms with van der Waals surface area (Å²) < 4.78 is 5.33. The topological polar surface area (TPSA) is 59.5 Å². The van der Waals surface area contributed by atoms with E-state index in [1.54, 1.807) is 12.4 Å². The number of rotatable bonds is 5. The molecule has 3 heterocycles. The van der Waals surface area contributed by atoms with Gasteiger partial charge in [0.2, 0.25) is 5.91 Å². The molecule has 5 heteroatoms. The van der Waals surface area contributed by atoms with Crippen LogP contribution in [-0.2, 0) is 20.7 Å². The van der Waals surface area contributed by atoms with E-state index in [1.165, 1.54) is 0 Å². The van der Waals surface area contributed by atoms with E-state index in [0.29, 0.717) is 13.0 Å². The van der Waals surface area contributed by atoms with Crippen molar-refractivity contribution in [3.05, 3.63) is 30.1 Å². The second-order valence-electron chi connectivity index (χ2n) is 6.52. The second-order valence-corrected chi connectivity index (χ2v) is 6.52. The number of nitrogens with zero attached hydrogens (tertiary/aromatic N) is 2. The zero-order valence-electron chi connectivity index (χ0n) is 13.8. The van der Waals surface area contributed by atoms with Crippen LogP contribution in [0.3, 0.4) is 0 Å². The van der Waals surface area contributed by atoms with Gasteiger partial charge in [0, 0.05) is 24.5 Å². The van der Waals surface area contributed by atoms with E-state index in [-0.39, 0.29) is 24.0 Å². The number of hydrogen-bond acceptors (Lipinski definition) is 4. The lowest BCUT2D eigenvalue weighted by Crippen LogP contribution is -2.46. The summed E-state index contributed by atoms with van der Waals surface area (Å²) in [5, 5.41) is 0. The Balaban J connectivity index is 1.79. The summed E-state index contributed by atoms with van der Waals surface area (Å²) in [7, 11) is 0. The van der Waals surface area contributed by atoms with Crippen LogP contribution in [0.2, 0.25) is 0 Å². The lowest BCUT2D eigenvalue weighted by Gasteiger charge is -2.34. The van der Waals surface area contributed by atoms with E-state index in [0.717, 1.165) is 31.2 Å². The van der Waals surface area contributed by atoms with Gasteiger partial charge in [-0.15, -0.1) is 0 Å². The molecule has 2 aliphatic rings. The molecule has 0 spiro atoms. The Hall–Kier alpha value is -1.91. The smallest absolute Gasteiger partial charge is 0.314 e. The normalized spacial score (nSPS) is 28.9. The Morgan fingerprint density at radius 1 is 1.39 bits per heavy atom. The molecule has 0 aromatic carbocycles. The minimum atomic E-state index is -0.510. The van der Waals surface area contributed by atoms with E-state index in [2.05, 4.69) is 4.98 Å². The Morgan fingerprint density at radius 3 is 2.87 bits per heavy atom. The van der Waals surface area contributed by atoms with Gasteiger partial charge in [-0.3, -0.25) is 14.6 Å². The van der Waals surface area contributed by atoms with Gasteiger partial charge in [0.25, 0.3) is 0 Å². The Labute approximate surface area is 137 Å². The van der Waals surface area contributed by atoms with Crippen molar-refractivity contribution in [2.24, 2.45) is 5.41 Å². The molecular formula is C18H24N2O3. The van der Waals surface area contributed by atoms with Crippen molar-refractivity contribution in [3.8, 4) is 0 Å². The van der Waals surface area contributed by atoms with Gasteiger partial charge in [-0.05, 0) is 44.2 Å². The van der Waals surface area contributed by atoms with Gasteiger partial charge in [0.1, 0.15) is 0 Å². The quantitative estimate of drug-likeness (QED) is 0.782. The number of amides is 1. The van der Waals surface area contributed by atoms with Crippen molar-refractivity contribution in [2.75, 3.05) is 6.61 Å². The van der Waals surface area contributed by atoms with Crippen LogP contribution in [-0.4, -0.2) is 40.5 Å². The van der Waals surface area contributed by atoms with Crippen LogP contribution >= 0.6 is 0 Å². The maximum atomic E-state index is 12.8. The fraction of sp³-hybridized carbons (Fsp3) is 0.611. The molecule has 3 rings (SSSR count). The summed E-state index contributed by atoms with van der Waals surface area (Å²) in [6.45, 7) is 4.25. The van der Waals surface area contributed by atoms with E-state index in [9.17, 15) is 9.59 Å². The van der Waals surface area contributed by atoms with E-state index < -0.39 is 5.41 Å². The first-order valence-corrected chi connectivity index (χ1v) is 8.49. The fourth-order valence-electron chi connectivity index (χ4n) is 4.35. The van der Waals surface area contributed by atoms with Crippen molar-refractivity contribution in [1.82, 2.24) is 9.88 Å². The first-order chi connectivity index (χ1) is 11.1. The van der Waals surface area contributed by atoms with Crippen LogP contribution in [0, 0.1) is 5.41 Å². The van der Waals surface area contributed by atoms with Crippen LogP contribution in [0.15, 0.2) is 24.5 Å². The zero-order valence-corrected chi connectivity index (χ0v) is 13.8. The van der Waals surface area contributed by atoms with Gasteiger partial charge in [-0.1, -0.05) is 13.0 Å². The molecular weight excluding hydrogens is 292 g/mol. The molecule has 1 aromatic rings. The predicted octanol–water partition coefficient (Wildman–Crippen LogP) is 2.35. The second kappa shape index (κ2) is 6.30. The summed E-state index contributed by atoms with van der Waals surface area (Å²) in [6, 6.07) is 3.92. The molecule has 0 saturated carbocycles. The number of ether oxygens (including phenoxy) is 1. The van der Waals surface area contributed by atoms with Crippen molar-refractivity contribution in [1.29, 1.82) is 0 Å². The van der Waals surface area contributed by atoms with Gasteiger partial charge in [-0.2, -0.15) is 0 Å². The minimum absolute atomic E-state index is 0.0132. The number of carbonyl (C=O) groups is 2. The molecule has 2 bridgehead atoms. The molecule has 1 amide bonds. The van der Waals surface area contributed by atoms with Crippen LogP contribution in [0.4, 0.5) is 0 Å². The highest BCUT2D eigenvalue weighted by Crippen LogP contribution is 2.52. The lowest BCUT2D eigenvalue weighted by atomic mass is 9.72. The Kier molecular flexibility index (Phi) is 4.37. The SMILES string of the molecule is CCOC(=O)[C@@]1(CC)C[C@H]2CC[C@@H]1N2C(=O)Cc1cccnc1. The highest BCUT2D eigenvalue weighted by atomic mass is 16.5. The third-order valence-electron chi connectivity index (χ3n) is 5.42. The van der Waals surface area contributed by atoms with Gasteiger partial charge < -0.3 is 9.64 Å². The highest BCUT2D eigenvalue weighted by Gasteiger charge is 2.60. The van der Waals surface area contributed by atoms with Crippen molar-refractivity contribution in [2.45, 2.75) is 58.0 Å². The van der Waals surface area contributed by atoms with Gasteiger partial charge in [-0.25, -0.2) is 0 Å². The largest absolute Gasteiger partial charge is 0.466 e. The summed E-state index contributed by atoms with van der Waals surface area (Å²) in [6.07, 6.45) is 7.14. The number of pyridine rings is 1. The van der Waals surface area contributed by atoms with Crippen molar-refractivity contribution < 1.29 is 14.3 Å². The molecule has 3 atom stereocenters. The molecule has 0 unspecified atom stereocenters. The molecule has 124 valence electrons. The third-order valence-corrected chi connectivity index (χ3v) is 5.42. The maximum Gasteiger partial charge on any atom is 0.314 e. The first-order valence-electron chi connectivity index (χ1n) is 8.49. The average molecular weight is 316 g/mol. The predicted molar refractivity (Wildman–Crippen MR) is 85.6 cm³/mol. The number of aromatic nitrogens is 1. The lowest BCUT2D eigenvalue weighted by molar-refractivity contribution is -0.158. The minimum Gasteiger partial charge on any atom is -0.466 e. The highest BCUT2D eigenvalue weighted by molar-refractivity contribution is 5.84. The molecule has 2 saturated heterocycles. The van der Waals surface area contributed by atoms with Crippen LogP contribution < -0.4 is 0 Å². The van der Waals surface area contributed by atoms with E-state index in [4.69, 9.17) is 4.74 Å². The van der Waals surface area contributed by atoms with Gasteiger partial charge in [0.05, 0.1) is 18.4 Å². The number of esters is 1. The molecule has 1 aromatic heterocycles. The Bertz CT molecular complexity index is 589. The van der Waals surface area contributed by atoms with E-state index >= 15 is 0 Å². The first kappa shape index (κ1) is 16.0. The average Bonchev–Trinajstić information content (AvgIpc) is 3.12. The van der Waals surface area contributed by atoms with Crippen molar-refractivity contribution in [3.63, 3.8) is 0 Å². The number of carbonyl (C=O) groups excluding carboxylic acids is 2. The molecule has 0 radical (unpaired) electrons. The molecule has 5 nitrogen and oxygen atoms in total. The maximum absolute atomic E-state index is 12.8. The summed E-state index contributed by atoms with van der Waals surface area (Å²) in [5.74, 6) is -0.0287. The van der Waals surface area contributed by atoms with E-state index in [1.807, 2.05) is 30.9 Å². The van der Waals surface area contributed by atoms with Gasteiger partial charge in [0.15, 0.2) is 0 Å². The molecule has 0 aliphatic carbocycles. The van der Waals surface area contributed by atoms with Gasteiger partial charge >= 0.3 is 5.97 Å². The molecule has 23 heavy (non-hydrogen) atoms. The summed E-state index contributed by atoms with van der Waals surface area (Å²) in [4.78, 5) is 31.4. The third kappa shape index (κ3) is 2.62. The van der Waals surface area contributed by atoms with Crippen molar-refractivity contribution >= 4 is 11.9 Å². The molecule has 2 fully saturated rings. The molecule has 2 aliphatic heterocycles. The standard InChI is InChI=1S/C18H24N2O3/c1-3-18(17(22)23-4-2)11-14-7-8-15(18)20(14)16(21)10-13-6-5-9-19-12-13/h5-6,9,12,14-15H,3-4,7-8,10-11H2,1-2H3/t14-,15+,18+/m1/s1. The molecule has 0 N–H and O–H groups in total. The summed E-state index contributed by atoms with van der Waals surface area (Å²) >= 11 is 0.